The van der Waals surface area contributed by atoms with Crippen LogP contribution in [0, 0.1) is 12.8 Å². The molecular weight excluding hydrogens is 282 g/mol. The highest BCUT2D eigenvalue weighted by Crippen LogP contribution is 2.14. The van der Waals surface area contributed by atoms with E-state index >= 15 is 0 Å². The Balaban J connectivity index is 2.68. The van der Waals surface area contributed by atoms with Crippen molar-refractivity contribution in [2.45, 2.75) is 53.2 Å². The van der Waals surface area contributed by atoms with Crippen molar-refractivity contribution in [1.29, 1.82) is 0 Å². The minimum atomic E-state index is -0.753. The third kappa shape index (κ3) is 6.16. The van der Waals surface area contributed by atoms with Crippen LogP contribution in [0.15, 0.2) is 24.3 Å². The van der Waals surface area contributed by atoms with Crippen LogP contribution in [0.3, 0.4) is 0 Å². The Morgan fingerprint density at radius 1 is 1.09 bits per heavy atom. The molecule has 0 unspecified atom stereocenters. The van der Waals surface area contributed by atoms with Gasteiger partial charge in [-0.15, -0.1) is 0 Å². The molecular formula is C17H25NO4. The summed E-state index contributed by atoms with van der Waals surface area (Å²) in [6.45, 7) is 11.0. The van der Waals surface area contributed by atoms with E-state index in [0.29, 0.717) is 5.75 Å². The molecule has 1 aromatic rings. The van der Waals surface area contributed by atoms with Gasteiger partial charge in [-0.3, -0.25) is 0 Å². The number of amides is 1. The minimum Gasteiger partial charge on any atom is -0.458 e. The lowest BCUT2D eigenvalue weighted by molar-refractivity contribution is -0.158. The van der Waals surface area contributed by atoms with Gasteiger partial charge in [-0.1, -0.05) is 31.5 Å². The zero-order valence-corrected chi connectivity index (χ0v) is 14.1. The molecule has 0 aliphatic carbocycles. The average Bonchev–Trinajstić information content (AvgIpc) is 2.36. The van der Waals surface area contributed by atoms with Crippen LogP contribution < -0.4 is 10.1 Å². The normalized spacial score (nSPS) is 12.7. The van der Waals surface area contributed by atoms with Crippen molar-refractivity contribution in [3.63, 3.8) is 0 Å². The lowest BCUT2D eigenvalue weighted by Crippen LogP contribution is -2.48. The molecule has 0 saturated heterocycles. The molecule has 0 aromatic heterocycles. The monoisotopic (exact) mass is 307 g/mol. The molecule has 0 heterocycles. The second-order valence-electron chi connectivity index (χ2n) is 6.60. The highest BCUT2D eigenvalue weighted by molar-refractivity contribution is 5.82. The summed E-state index contributed by atoms with van der Waals surface area (Å²) in [5.41, 5.74) is 0.466. The van der Waals surface area contributed by atoms with Crippen LogP contribution in [0.2, 0.25) is 0 Å². The molecule has 5 heteroatoms. The maximum absolute atomic E-state index is 12.1. The smallest absolute Gasteiger partial charge is 0.413 e. The summed E-state index contributed by atoms with van der Waals surface area (Å²) in [6, 6.07) is 6.34. The van der Waals surface area contributed by atoms with Gasteiger partial charge in [0.25, 0.3) is 0 Å². The summed E-state index contributed by atoms with van der Waals surface area (Å²) in [7, 11) is 0. The highest BCUT2D eigenvalue weighted by Gasteiger charge is 2.29. The Hall–Kier alpha value is -2.04. The predicted octanol–water partition coefficient (Wildman–Crippen LogP) is 3.45. The maximum Gasteiger partial charge on any atom is 0.413 e. The molecule has 22 heavy (non-hydrogen) atoms. The summed E-state index contributed by atoms with van der Waals surface area (Å²) >= 11 is 0. The molecule has 0 fully saturated rings. The van der Waals surface area contributed by atoms with Crippen LogP contribution in [0.25, 0.3) is 0 Å². The van der Waals surface area contributed by atoms with E-state index in [1.54, 1.807) is 32.9 Å². The van der Waals surface area contributed by atoms with Crippen molar-refractivity contribution in [3.05, 3.63) is 29.8 Å². The molecule has 1 aromatic carbocycles. The molecule has 1 rings (SSSR count). The van der Waals surface area contributed by atoms with Gasteiger partial charge < -0.3 is 14.8 Å². The number of carbonyl (C=O) groups excluding carboxylic acids is 2. The lowest BCUT2D eigenvalue weighted by atomic mass is 10.0. The Morgan fingerprint density at radius 2 is 1.64 bits per heavy atom. The van der Waals surface area contributed by atoms with Gasteiger partial charge in [-0.05, 0) is 45.7 Å². The largest absolute Gasteiger partial charge is 0.458 e. The van der Waals surface area contributed by atoms with Crippen molar-refractivity contribution < 1.29 is 19.1 Å². The van der Waals surface area contributed by atoms with Gasteiger partial charge in [0.15, 0.2) is 0 Å². The fourth-order valence-electron chi connectivity index (χ4n) is 1.73. The zero-order chi connectivity index (χ0) is 16.9. The molecule has 1 N–H and O–H groups in total. The van der Waals surface area contributed by atoms with Gasteiger partial charge in [0.1, 0.15) is 17.4 Å². The van der Waals surface area contributed by atoms with Crippen LogP contribution in [0.1, 0.15) is 40.2 Å². The lowest BCUT2D eigenvalue weighted by Gasteiger charge is -2.26. The fourth-order valence-corrected chi connectivity index (χ4v) is 1.73. The van der Waals surface area contributed by atoms with E-state index in [0.717, 1.165) is 5.56 Å². The van der Waals surface area contributed by atoms with E-state index in [9.17, 15) is 9.59 Å². The molecule has 0 saturated carbocycles. The summed E-state index contributed by atoms with van der Waals surface area (Å²) in [4.78, 5) is 24.1. The third-order valence-corrected chi connectivity index (χ3v) is 2.83. The van der Waals surface area contributed by atoms with Crippen molar-refractivity contribution in [2.75, 3.05) is 0 Å². The van der Waals surface area contributed by atoms with Crippen LogP contribution in [-0.4, -0.2) is 23.7 Å². The highest BCUT2D eigenvalue weighted by atomic mass is 16.6. The molecule has 0 aliphatic heterocycles. The summed E-state index contributed by atoms with van der Waals surface area (Å²) in [5, 5.41) is 2.57. The van der Waals surface area contributed by atoms with Crippen molar-refractivity contribution >= 4 is 12.1 Å². The van der Waals surface area contributed by atoms with E-state index in [4.69, 9.17) is 9.47 Å². The number of ether oxygens (including phenoxy) is 2. The van der Waals surface area contributed by atoms with Crippen LogP contribution >= 0.6 is 0 Å². The molecule has 0 bridgehead atoms. The Morgan fingerprint density at radius 3 is 2.09 bits per heavy atom. The molecule has 5 nitrogen and oxygen atoms in total. The molecule has 1 amide bonds. The second-order valence-corrected chi connectivity index (χ2v) is 6.60. The molecule has 1 atom stereocenters. The number of rotatable bonds is 4. The molecule has 0 spiro atoms. The van der Waals surface area contributed by atoms with Gasteiger partial charge in [-0.25, -0.2) is 9.59 Å². The standard InChI is InChI=1S/C17H25NO4/c1-11(2)14(15(19)22-17(4,5)6)18-16(20)21-13-9-7-12(3)8-10-13/h7-11,14H,1-6H3,(H,18,20)/t14-/m0/s1. The van der Waals surface area contributed by atoms with Crippen molar-refractivity contribution in [3.8, 4) is 5.75 Å². The van der Waals surface area contributed by atoms with Crippen molar-refractivity contribution in [1.82, 2.24) is 5.32 Å². The Kier molecular flexibility index (Phi) is 5.97. The second kappa shape index (κ2) is 7.29. The maximum atomic E-state index is 12.1. The van der Waals surface area contributed by atoms with Gasteiger partial charge in [0.05, 0.1) is 0 Å². The van der Waals surface area contributed by atoms with E-state index in [2.05, 4.69) is 5.32 Å². The first-order valence-corrected chi connectivity index (χ1v) is 7.36. The number of benzene rings is 1. The molecule has 0 radical (unpaired) electrons. The van der Waals surface area contributed by atoms with Gasteiger partial charge in [-0.2, -0.15) is 0 Å². The van der Waals surface area contributed by atoms with Crippen LogP contribution in [0.4, 0.5) is 4.79 Å². The molecule has 0 aliphatic rings. The SMILES string of the molecule is Cc1ccc(OC(=O)N[C@H](C(=O)OC(C)(C)C)C(C)C)cc1. The third-order valence-electron chi connectivity index (χ3n) is 2.83. The van der Waals surface area contributed by atoms with E-state index in [1.165, 1.54) is 0 Å². The summed E-state index contributed by atoms with van der Waals surface area (Å²) < 4.78 is 10.5. The number of esters is 1. The Bertz CT molecular complexity index is 514. The topological polar surface area (TPSA) is 64.6 Å². The van der Waals surface area contributed by atoms with Gasteiger partial charge >= 0.3 is 12.1 Å². The Labute approximate surface area is 132 Å². The van der Waals surface area contributed by atoms with Crippen molar-refractivity contribution in [2.24, 2.45) is 5.92 Å². The first kappa shape index (κ1) is 18.0. The predicted molar refractivity (Wildman–Crippen MR) is 84.8 cm³/mol. The van der Waals surface area contributed by atoms with Gasteiger partial charge in [0.2, 0.25) is 0 Å². The average molecular weight is 307 g/mol. The minimum absolute atomic E-state index is 0.111. The van der Waals surface area contributed by atoms with Crippen LogP contribution in [0.5, 0.6) is 5.75 Å². The summed E-state index contributed by atoms with van der Waals surface area (Å²) in [6.07, 6.45) is -0.673. The number of nitrogens with one attached hydrogen (secondary N) is 1. The van der Waals surface area contributed by atoms with E-state index < -0.39 is 23.7 Å². The number of hydrogen-bond donors (Lipinski definition) is 1. The van der Waals surface area contributed by atoms with E-state index in [1.807, 2.05) is 32.9 Å². The first-order valence-electron chi connectivity index (χ1n) is 7.36. The number of carbonyl (C=O) groups is 2. The number of hydrogen-bond acceptors (Lipinski definition) is 4. The fraction of sp³-hybridized carbons (Fsp3) is 0.529. The number of aryl methyl sites for hydroxylation is 1. The van der Waals surface area contributed by atoms with Gasteiger partial charge in [0, 0.05) is 0 Å². The van der Waals surface area contributed by atoms with E-state index in [-0.39, 0.29) is 5.92 Å². The van der Waals surface area contributed by atoms with Crippen LogP contribution in [-0.2, 0) is 9.53 Å². The summed E-state index contributed by atoms with van der Waals surface area (Å²) in [5.74, 6) is -0.154. The quantitative estimate of drug-likeness (QED) is 0.865. The zero-order valence-electron chi connectivity index (χ0n) is 14.1. The molecule has 122 valence electrons. The first-order chi connectivity index (χ1) is 10.1.